The molecule has 2 fully saturated rings. The average Bonchev–Trinajstić information content (AvgIpc) is 2.90. The minimum atomic E-state index is -0.251. The number of hydrogen-bond acceptors (Lipinski definition) is 5. The molecular formula is C16H24INO4. The van der Waals surface area contributed by atoms with Crippen molar-refractivity contribution in [2.75, 3.05) is 11.5 Å². The van der Waals surface area contributed by atoms with E-state index in [2.05, 4.69) is 28.7 Å². The van der Waals surface area contributed by atoms with Crippen LogP contribution in [0.2, 0.25) is 0 Å². The molecule has 2 aliphatic heterocycles. The first-order valence-electron chi connectivity index (χ1n) is 7.88. The maximum atomic E-state index is 11.3. The normalized spacial score (nSPS) is 35.5. The fourth-order valence-corrected chi connectivity index (χ4v) is 4.42. The molecular weight excluding hydrogens is 397 g/mol. The molecule has 0 spiro atoms. The van der Waals surface area contributed by atoms with Gasteiger partial charge in [-0.25, -0.2) is 0 Å². The zero-order chi connectivity index (χ0) is 16.2. The Morgan fingerprint density at radius 2 is 2.27 bits per heavy atom. The fraction of sp³-hybridized carbons (Fsp3) is 0.875. The summed E-state index contributed by atoms with van der Waals surface area (Å²) in [6, 6.07) is 2.29. The van der Waals surface area contributed by atoms with Crippen molar-refractivity contribution in [1.29, 1.82) is 5.26 Å². The molecule has 0 bridgehead atoms. The van der Waals surface area contributed by atoms with Gasteiger partial charge in [0, 0.05) is 23.2 Å². The highest BCUT2D eigenvalue weighted by atomic mass is 127. The van der Waals surface area contributed by atoms with Crippen LogP contribution in [-0.2, 0) is 19.0 Å². The van der Waals surface area contributed by atoms with Crippen LogP contribution in [0.25, 0.3) is 0 Å². The summed E-state index contributed by atoms with van der Waals surface area (Å²) in [5.41, 5.74) is -0.251. The van der Waals surface area contributed by atoms with E-state index in [0.29, 0.717) is 12.8 Å². The second-order valence-corrected chi connectivity index (χ2v) is 7.11. The molecule has 0 amide bonds. The summed E-state index contributed by atoms with van der Waals surface area (Å²) < 4.78 is 18.1. The van der Waals surface area contributed by atoms with Gasteiger partial charge in [-0.3, -0.25) is 4.79 Å². The van der Waals surface area contributed by atoms with Crippen LogP contribution in [-0.4, -0.2) is 41.4 Å². The van der Waals surface area contributed by atoms with Crippen LogP contribution in [0.15, 0.2) is 0 Å². The number of nitrogens with zero attached hydrogens (tertiary/aromatic N) is 1. The van der Waals surface area contributed by atoms with Crippen molar-refractivity contribution in [2.24, 2.45) is 5.92 Å². The minimum absolute atomic E-state index is 0.0188. The van der Waals surface area contributed by atoms with Gasteiger partial charge in [-0.15, -0.1) is 0 Å². The first kappa shape index (κ1) is 18.0. The summed E-state index contributed by atoms with van der Waals surface area (Å²) in [7, 11) is 1.41. The van der Waals surface area contributed by atoms with Crippen molar-refractivity contribution < 1.29 is 19.0 Å². The van der Waals surface area contributed by atoms with Crippen LogP contribution in [0, 0.1) is 17.2 Å². The van der Waals surface area contributed by atoms with E-state index in [1.54, 1.807) is 0 Å². The molecule has 22 heavy (non-hydrogen) atoms. The lowest BCUT2D eigenvalue weighted by Crippen LogP contribution is -2.50. The van der Waals surface area contributed by atoms with Crippen molar-refractivity contribution in [1.82, 2.24) is 0 Å². The molecule has 5 nitrogen and oxygen atoms in total. The number of esters is 1. The van der Waals surface area contributed by atoms with E-state index < -0.39 is 0 Å². The summed E-state index contributed by atoms with van der Waals surface area (Å²) in [6.45, 7) is 1.94. The minimum Gasteiger partial charge on any atom is -0.469 e. The molecule has 2 rings (SSSR count). The molecule has 6 heteroatoms. The summed E-state index contributed by atoms with van der Waals surface area (Å²) in [4.78, 5) is 11.3. The lowest BCUT2D eigenvalue weighted by Gasteiger charge is -2.41. The summed E-state index contributed by atoms with van der Waals surface area (Å²) >= 11 is 2.37. The van der Waals surface area contributed by atoms with E-state index in [4.69, 9.17) is 19.5 Å². The summed E-state index contributed by atoms with van der Waals surface area (Å²) in [6.07, 6.45) is 4.92. The fourth-order valence-electron chi connectivity index (χ4n) is 3.44. The molecule has 0 unspecified atom stereocenters. The van der Waals surface area contributed by atoms with Crippen molar-refractivity contribution in [3.63, 3.8) is 0 Å². The number of alkyl halides is 1. The van der Waals surface area contributed by atoms with E-state index >= 15 is 0 Å². The Labute approximate surface area is 145 Å². The third-order valence-corrected chi connectivity index (χ3v) is 5.92. The monoisotopic (exact) mass is 421 g/mol. The molecule has 0 aromatic carbocycles. The molecule has 124 valence electrons. The second kappa shape index (κ2) is 7.93. The predicted molar refractivity (Wildman–Crippen MR) is 89.6 cm³/mol. The zero-order valence-electron chi connectivity index (χ0n) is 13.2. The topological polar surface area (TPSA) is 68.5 Å². The van der Waals surface area contributed by atoms with E-state index in [0.717, 1.165) is 30.1 Å². The average molecular weight is 421 g/mol. The number of fused-ring (bicyclic) bond motifs is 1. The van der Waals surface area contributed by atoms with E-state index in [1.165, 1.54) is 7.11 Å². The molecule has 2 aliphatic rings. The Balaban J connectivity index is 1.94. The van der Waals surface area contributed by atoms with Gasteiger partial charge in [0.15, 0.2) is 0 Å². The SMILES string of the molecule is COC(=O)CC[C@H]1C[C@]2(CI)O[C@@H](C[C@@H](C)C#N)CC[C@@H]2O1. The quantitative estimate of drug-likeness (QED) is 0.375. The molecule has 2 saturated heterocycles. The van der Waals surface area contributed by atoms with Crippen LogP contribution in [0.1, 0.15) is 45.4 Å². The zero-order valence-corrected chi connectivity index (χ0v) is 15.4. The molecule has 0 aliphatic carbocycles. The maximum Gasteiger partial charge on any atom is 0.305 e. The Morgan fingerprint density at radius 3 is 2.91 bits per heavy atom. The van der Waals surface area contributed by atoms with Crippen LogP contribution >= 0.6 is 22.6 Å². The number of halogens is 1. The Kier molecular flexibility index (Phi) is 6.47. The largest absolute Gasteiger partial charge is 0.469 e. The molecule has 2 heterocycles. The standard InChI is InChI=1S/C16H24INO4/c1-11(9-18)7-12-3-5-14-16(10-17,22-12)8-13(21-14)4-6-15(19)20-2/h11-14H,3-8,10H2,1-2H3/t11-,12-,13+,14+,16-/m1/s1. The molecule has 0 radical (unpaired) electrons. The van der Waals surface area contributed by atoms with Gasteiger partial charge in [0.2, 0.25) is 0 Å². The third kappa shape index (κ3) is 4.12. The molecule has 0 saturated carbocycles. The van der Waals surface area contributed by atoms with Gasteiger partial charge in [0.05, 0.1) is 31.5 Å². The van der Waals surface area contributed by atoms with Gasteiger partial charge in [-0.1, -0.05) is 22.6 Å². The lowest BCUT2D eigenvalue weighted by atomic mass is 9.86. The van der Waals surface area contributed by atoms with Crippen LogP contribution in [0.5, 0.6) is 0 Å². The lowest BCUT2D eigenvalue weighted by molar-refractivity contribution is -0.155. The maximum absolute atomic E-state index is 11.3. The number of nitriles is 1. The molecule has 0 N–H and O–H groups in total. The first-order valence-corrected chi connectivity index (χ1v) is 9.41. The Hall–Kier alpha value is -0.390. The first-order chi connectivity index (χ1) is 10.5. The molecule has 5 atom stereocenters. The van der Waals surface area contributed by atoms with Crippen molar-refractivity contribution in [3.05, 3.63) is 0 Å². The summed E-state index contributed by atoms with van der Waals surface area (Å²) in [5, 5.41) is 8.99. The van der Waals surface area contributed by atoms with Crippen molar-refractivity contribution >= 4 is 28.6 Å². The van der Waals surface area contributed by atoms with E-state index in [9.17, 15) is 4.79 Å². The Bertz CT molecular complexity index is 438. The Morgan fingerprint density at radius 1 is 1.50 bits per heavy atom. The smallest absolute Gasteiger partial charge is 0.305 e. The number of ether oxygens (including phenoxy) is 3. The van der Waals surface area contributed by atoms with Gasteiger partial charge >= 0.3 is 5.97 Å². The third-order valence-electron chi connectivity index (χ3n) is 4.63. The van der Waals surface area contributed by atoms with Gasteiger partial charge in [-0.2, -0.15) is 5.26 Å². The van der Waals surface area contributed by atoms with Crippen LogP contribution in [0.3, 0.4) is 0 Å². The number of rotatable bonds is 6. The number of carbonyl (C=O) groups excluding carboxylic acids is 1. The van der Waals surface area contributed by atoms with E-state index in [1.807, 2.05) is 6.92 Å². The highest BCUT2D eigenvalue weighted by Gasteiger charge is 2.52. The van der Waals surface area contributed by atoms with Gasteiger partial charge in [0.1, 0.15) is 5.60 Å². The predicted octanol–water partition coefficient (Wildman–Crippen LogP) is 3.00. The van der Waals surface area contributed by atoms with Gasteiger partial charge in [-0.05, 0) is 32.6 Å². The number of hydrogen-bond donors (Lipinski definition) is 0. The highest BCUT2D eigenvalue weighted by molar-refractivity contribution is 14.1. The van der Waals surface area contributed by atoms with Crippen LogP contribution in [0.4, 0.5) is 0 Å². The van der Waals surface area contributed by atoms with E-state index in [-0.39, 0.29) is 35.8 Å². The molecule has 0 aromatic rings. The second-order valence-electron chi connectivity index (χ2n) is 6.35. The highest BCUT2D eigenvalue weighted by Crippen LogP contribution is 2.44. The summed E-state index contributed by atoms with van der Waals surface area (Å²) in [5.74, 6) is -0.172. The molecule has 0 aromatic heterocycles. The number of methoxy groups -OCH3 is 1. The van der Waals surface area contributed by atoms with Crippen LogP contribution < -0.4 is 0 Å². The van der Waals surface area contributed by atoms with Crippen molar-refractivity contribution in [3.8, 4) is 6.07 Å². The van der Waals surface area contributed by atoms with Gasteiger partial charge < -0.3 is 14.2 Å². The van der Waals surface area contributed by atoms with Crippen molar-refractivity contribution in [2.45, 2.75) is 69.4 Å². The number of carbonyl (C=O) groups is 1. The van der Waals surface area contributed by atoms with Gasteiger partial charge in [0.25, 0.3) is 0 Å².